The number of para-hydroxylation sites is 1. The van der Waals surface area contributed by atoms with Crippen molar-refractivity contribution in [3.05, 3.63) is 29.8 Å². The number of carbonyl (C=O) groups is 3. The zero-order valence-corrected chi connectivity index (χ0v) is 15.9. The van der Waals surface area contributed by atoms with Crippen LogP contribution in [0.5, 0.6) is 0 Å². The minimum atomic E-state index is -0.447. The summed E-state index contributed by atoms with van der Waals surface area (Å²) in [5.41, 5.74) is 1.08. The summed E-state index contributed by atoms with van der Waals surface area (Å²) in [6.07, 6.45) is 7.09. The minimum absolute atomic E-state index is 0.000463. The Balaban J connectivity index is 1.62. The SMILES string of the molecule is CN(C(=O)CN1C(=O)[C@H]2CCCN2C(=O)c2ccccc21)C1CCCCC1. The van der Waals surface area contributed by atoms with E-state index in [2.05, 4.69) is 0 Å². The molecule has 3 aliphatic rings. The molecule has 1 aliphatic carbocycles. The average Bonchev–Trinajstić information content (AvgIpc) is 3.18. The first-order valence-corrected chi connectivity index (χ1v) is 10.0. The zero-order chi connectivity index (χ0) is 19.0. The van der Waals surface area contributed by atoms with Gasteiger partial charge < -0.3 is 14.7 Å². The van der Waals surface area contributed by atoms with Crippen molar-refractivity contribution in [2.45, 2.75) is 57.0 Å². The van der Waals surface area contributed by atoms with Crippen LogP contribution < -0.4 is 4.90 Å². The monoisotopic (exact) mass is 369 g/mol. The van der Waals surface area contributed by atoms with Crippen molar-refractivity contribution in [1.29, 1.82) is 0 Å². The third kappa shape index (κ3) is 3.22. The maximum Gasteiger partial charge on any atom is 0.256 e. The molecule has 1 saturated heterocycles. The van der Waals surface area contributed by atoms with Crippen LogP contribution in [0, 0.1) is 0 Å². The van der Waals surface area contributed by atoms with Crippen LogP contribution in [0.15, 0.2) is 24.3 Å². The summed E-state index contributed by atoms with van der Waals surface area (Å²) >= 11 is 0. The maximum absolute atomic E-state index is 13.2. The lowest BCUT2D eigenvalue weighted by molar-refractivity contribution is -0.133. The molecule has 27 heavy (non-hydrogen) atoms. The highest BCUT2D eigenvalue weighted by Gasteiger charge is 2.42. The van der Waals surface area contributed by atoms with E-state index in [0.717, 1.165) is 32.1 Å². The molecule has 0 N–H and O–H groups in total. The molecule has 2 fully saturated rings. The molecule has 0 aromatic heterocycles. The fourth-order valence-corrected chi connectivity index (χ4v) is 4.69. The molecular formula is C21H27N3O3. The molecule has 0 spiro atoms. The van der Waals surface area contributed by atoms with Gasteiger partial charge in [-0.05, 0) is 37.8 Å². The van der Waals surface area contributed by atoms with Crippen LogP contribution >= 0.6 is 0 Å². The summed E-state index contributed by atoms with van der Waals surface area (Å²) in [5.74, 6) is -0.280. The number of nitrogens with zero attached hydrogens (tertiary/aromatic N) is 3. The number of amides is 3. The molecule has 0 unspecified atom stereocenters. The smallest absolute Gasteiger partial charge is 0.256 e. The van der Waals surface area contributed by atoms with Gasteiger partial charge in [0.2, 0.25) is 11.8 Å². The third-order valence-electron chi connectivity index (χ3n) is 6.30. The van der Waals surface area contributed by atoms with Crippen molar-refractivity contribution in [3.63, 3.8) is 0 Å². The predicted octanol–water partition coefficient (Wildman–Crippen LogP) is 2.43. The van der Waals surface area contributed by atoms with E-state index < -0.39 is 6.04 Å². The van der Waals surface area contributed by atoms with E-state index in [-0.39, 0.29) is 30.3 Å². The Morgan fingerprint density at radius 3 is 2.59 bits per heavy atom. The van der Waals surface area contributed by atoms with Crippen molar-refractivity contribution >= 4 is 23.4 Å². The zero-order valence-electron chi connectivity index (χ0n) is 15.9. The van der Waals surface area contributed by atoms with Gasteiger partial charge in [0.25, 0.3) is 5.91 Å². The van der Waals surface area contributed by atoms with E-state index in [9.17, 15) is 14.4 Å². The lowest BCUT2D eigenvalue weighted by atomic mass is 9.94. The van der Waals surface area contributed by atoms with Crippen LogP contribution in [-0.2, 0) is 9.59 Å². The van der Waals surface area contributed by atoms with Gasteiger partial charge in [-0.15, -0.1) is 0 Å². The highest BCUT2D eigenvalue weighted by Crippen LogP contribution is 2.32. The lowest BCUT2D eigenvalue weighted by Gasteiger charge is -2.33. The van der Waals surface area contributed by atoms with Gasteiger partial charge in [0, 0.05) is 19.6 Å². The second-order valence-corrected chi connectivity index (χ2v) is 7.89. The fraction of sp³-hybridized carbons (Fsp3) is 0.571. The summed E-state index contributed by atoms with van der Waals surface area (Å²) in [7, 11) is 1.85. The fourth-order valence-electron chi connectivity index (χ4n) is 4.69. The topological polar surface area (TPSA) is 60.9 Å². The van der Waals surface area contributed by atoms with E-state index in [4.69, 9.17) is 0 Å². The molecule has 4 rings (SSSR count). The van der Waals surface area contributed by atoms with Gasteiger partial charge in [-0.25, -0.2) is 0 Å². The number of carbonyl (C=O) groups excluding carboxylic acids is 3. The van der Waals surface area contributed by atoms with Crippen LogP contribution in [0.3, 0.4) is 0 Å². The molecule has 2 aliphatic heterocycles. The molecule has 2 heterocycles. The molecule has 0 radical (unpaired) electrons. The molecule has 0 bridgehead atoms. The standard InChI is InChI=1S/C21H27N3O3/c1-22(15-8-3-2-4-9-15)19(25)14-24-17-11-6-5-10-16(17)20(26)23-13-7-12-18(23)21(24)27/h5-6,10-11,15,18H,2-4,7-9,12-14H2,1H3/t18-/m1/s1. The Labute approximate surface area is 160 Å². The van der Waals surface area contributed by atoms with Crippen molar-refractivity contribution < 1.29 is 14.4 Å². The van der Waals surface area contributed by atoms with Crippen molar-refractivity contribution in [1.82, 2.24) is 9.80 Å². The van der Waals surface area contributed by atoms with E-state index in [0.29, 0.717) is 24.2 Å². The van der Waals surface area contributed by atoms with Gasteiger partial charge in [0.05, 0.1) is 11.3 Å². The molecule has 6 heteroatoms. The molecule has 1 aromatic carbocycles. The highest BCUT2D eigenvalue weighted by molar-refractivity contribution is 6.12. The molecular weight excluding hydrogens is 342 g/mol. The second-order valence-electron chi connectivity index (χ2n) is 7.89. The number of rotatable bonds is 3. The first-order chi connectivity index (χ1) is 13.1. The number of benzene rings is 1. The van der Waals surface area contributed by atoms with Gasteiger partial charge in [-0.3, -0.25) is 14.4 Å². The first kappa shape index (κ1) is 18.0. The number of likely N-dealkylation sites (N-methyl/N-ethyl adjacent to an activating group) is 1. The van der Waals surface area contributed by atoms with Gasteiger partial charge in [-0.2, -0.15) is 0 Å². The van der Waals surface area contributed by atoms with Gasteiger partial charge >= 0.3 is 0 Å². The van der Waals surface area contributed by atoms with E-state index in [1.165, 1.54) is 6.42 Å². The summed E-state index contributed by atoms with van der Waals surface area (Å²) in [6.45, 7) is 0.605. The number of hydrogen-bond donors (Lipinski definition) is 0. The third-order valence-corrected chi connectivity index (χ3v) is 6.30. The van der Waals surface area contributed by atoms with E-state index in [1.54, 1.807) is 21.9 Å². The Bertz CT molecular complexity index is 757. The summed E-state index contributed by atoms with van der Waals surface area (Å²) < 4.78 is 0. The van der Waals surface area contributed by atoms with Crippen LogP contribution in [0.2, 0.25) is 0 Å². The molecule has 1 aromatic rings. The molecule has 1 saturated carbocycles. The van der Waals surface area contributed by atoms with Crippen LogP contribution in [0.25, 0.3) is 0 Å². The number of hydrogen-bond acceptors (Lipinski definition) is 3. The average molecular weight is 369 g/mol. The minimum Gasteiger partial charge on any atom is -0.341 e. The maximum atomic E-state index is 13.2. The van der Waals surface area contributed by atoms with Crippen LogP contribution in [0.1, 0.15) is 55.3 Å². The Hall–Kier alpha value is -2.37. The van der Waals surface area contributed by atoms with Crippen molar-refractivity contribution in [2.75, 3.05) is 25.0 Å². The number of anilines is 1. The quantitative estimate of drug-likeness (QED) is 0.822. The van der Waals surface area contributed by atoms with Crippen molar-refractivity contribution in [3.8, 4) is 0 Å². The Morgan fingerprint density at radius 2 is 1.81 bits per heavy atom. The molecule has 144 valence electrons. The van der Waals surface area contributed by atoms with Crippen molar-refractivity contribution in [2.24, 2.45) is 0 Å². The van der Waals surface area contributed by atoms with E-state index >= 15 is 0 Å². The Kier molecular flexibility index (Phi) is 4.89. The van der Waals surface area contributed by atoms with Gasteiger partial charge in [-0.1, -0.05) is 31.4 Å². The summed E-state index contributed by atoms with van der Waals surface area (Å²) in [6, 6.07) is 6.98. The summed E-state index contributed by atoms with van der Waals surface area (Å²) in [5, 5.41) is 0. The van der Waals surface area contributed by atoms with E-state index in [1.807, 2.05) is 24.1 Å². The number of fused-ring (bicyclic) bond motifs is 2. The van der Waals surface area contributed by atoms with Gasteiger partial charge in [0.1, 0.15) is 12.6 Å². The normalized spacial score (nSPS) is 23.1. The molecule has 6 nitrogen and oxygen atoms in total. The second kappa shape index (κ2) is 7.33. The molecule has 1 atom stereocenters. The van der Waals surface area contributed by atoms with Crippen LogP contribution in [0.4, 0.5) is 5.69 Å². The first-order valence-electron chi connectivity index (χ1n) is 10.0. The van der Waals surface area contributed by atoms with Gasteiger partial charge in [0.15, 0.2) is 0 Å². The highest BCUT2D eigenvalue weighted by atomic mass is 16.2. The largest absolute Gasteiger partial charge is 0.341 e. The summed E-state index contributed by atoms with van der Waals surface area (Å²) in [4.78, 5) is 44.2. The lowest BCUT2D eigenvalue weighted by Crippen LogP contribution is -2.50. The Morgan fingerprint density at radius 1 is 1.07 bits per heavy atom. The van der Waals surface area contributed by atoms with Crippen LogP contribution in [-0.4, -0.2) is 59.7 Å². The molecule has 3 amide bonds. The predicted molar refractivity (Wildman–Crippen MR) is 102 cm³/mol.